The fourth-order valence-electron chi connectivity index (χ4n) is 2.59. The van der Waals surface area contributed by atoms with E-state index in [1.807, 2.05) is 0 Å². The van der Waals surface area contributed by atoms with Crippen LogP contribution in [-0.4, -0.2) is 25.6 Å². The number of hydrazine groups is 1. The Kier molecular flexibility index (Phi) is 4.51. The molecule has 0 fully saturated rings. The Hall–Kier alpha value is -2.78. The highest BCUT2D eigenvalue weighted by Crippen LogP contribution is 2.35. The lowest BCUT2D eigenvalue weighted by Crippen LogP contribution is -2.36. The monoisotopic (exact) mass is 393 g/mol. The lowest BCUT2D eigenvalue weighted by atomic mass is 10.0. The summed E-state index contributed by atoms with van der Waals surface area (Å²) in [6.07, 6.45) is 4.11. The van der Waals surface area contributed by atoms with Gasteiger partial charge in [-0.1, -0.05) is 11.6 Å². The van der Waals surface area contributed by atoms with Gasteiger partial charge in [-0.25, -0.2) is 8.42 Å². The molecule has 0 atom stereocenters. The minimum Gasteiger partial charge on any atom is -0.364 e. The second-order valence-corrected chi connectivity index (χ2v) is 8.27. The zero-order valence-electron chi connectivity index (χ0n) is 13.9. The highest BCUT2D eigenvalue weighted by molar-refractivity contribution is 7.90. The van der Waals surface area contributed by atoms with Crippen molar-refractivity contribution < 1.29 is 13.2 Å². The van der Waals surface area contributed by atoms with E-state index in [1.54, 1.807) is 19.1 Å². The molecule has 0 aliphatic carbocycles. The molecule has 10 heteroatoms. The third-order valence-electron chi connectivity index (χ3n) is 3.79. The van der Waals surface area contributed by atoms with Gasteiger partial charge in [0.2, 0.25) is 0 Å². The number of nitrogens with two attached hydrogens (primary N) is 1. The highest BCUT2D eigenvalue weighted by atomic mass is 35.5. The molecule has 0 saturated carbocycles. The van der Waals surface area contributed by atoms with Gasteiger partial charge in [0.15, 0.2) is 9.84 Å². The van der Waals surface area contributed by atoms with Crippen LogP contribution in [0.5, 0.6) is 0 Å². The first-order valence-electron chi connectivity index (χ1n) is 7.45. The Bertz CT molecular complexity index is 1050. The zero-order valence-corrected chi connectivity index (χ0v) is 15.5. The highest BCUT2D eigenvalue weighted by Gasteiger charge is 2.25. The molecule has 0 radical (unpaired) electrons. The first kappa shape index (κ1) is 18.0. The molecular formula is C16H16ClN5O3S. The first-order chi connectivity index (χ1) is 12.2. The summed E-state index contributed by atoms with van der Waals surface area (Å²) in [5.41, 5.74) is 13.8. The van der Waals surface area contributed by atoms with Gasteiger partial charge in [0.25, 0.3) is 5.91 Å². The molecule has 136 valence electrons. The maximum atomic E-state index is 12.0. The van der Waals surface area contributed by atoms with Gasteiger partial charge in [-0.2, -0.15) is 0 Å². The average Bonchev–Trinajstić information content (AvgIpc) is 2.54. The number of fused-ring (bicyclic) bond motifs is 1. The molecule has 8 nitrogen and oxygen atoms in total. The lowest BCUT2D eigenvalue weighted by Gasteiger charge is -2.27. The van der Waals surface area contributed by atoms with Crippen LogP contribution in [0.15, 0.2) is 41.2 Å². The predicted molar refractivity (Wildman–Crippen MR) is 100 cm³/mol. The number of hydrogen-bond acceptors (Lipinski definition) is 7. The number of anilines is 2. The fraction of sp³-hybridized carbons (Fsp3) is 0.125. The molecule has 26 heavy (non-hydrogen) atoms. The molecule has 5 N–H and O–H groups in total. The van der Waals surface area contributed by atoms with Gasteiger partial charge >= 0.3 is 0 Å². The van der Waals surface area contributed by atoms with E-state index >= 15 is 0 Å². The van der Waals surface area contributed by atoms with Gasteiger partial charge in [0.05, 0.1) is 33.2 Å². The number of carbonyl (C=O) groups excluding carboxylic acids is 1. The van der Waals surface area contributed by atoms with Crippen molar-refractivity contribution >= 4 is 44.4 Å². The maximum absolute atomic E-state index is 12.0. The van der Waals surface area contributed by atoms with Gasteiger partial charge in [-0.3, -0.25) is 20.6 Å². The van der Waals surface area contributed by atoms with Crippen molar-refractivity contribution in [2.45, 2.75) is 11.8 Å². The standard InChI is InChI=1S/C16H16ClN5O3S/c1-8-3-11(26(2,24)25)5-12-13(8)21-22-15(16(18)23)14(12)20-10-4-9(17)6-19-7-10/h3-7,20-22H,1-2H3,(H2,18,23). The smallest absolute Gasteiger partial charge is 0.268 e. The van der Waals surface area contributed by atoms with E-state index in [0.717, 1.165) is 6.26 Å². The lowest BCUT2D eigenvalue weighted by molar-refractivity contribution is -0.114. The van der Waals surface area contributed by atoms with Crippen LogP contribution in [0.25, 0.3) is 5.70 Å². The Morgan fingerprint density at radius 2 is 1.96 bits per heavy atom. The van der Waals surface area contributed by atoms with Crippen LogP contribution in [-0.2, 0) is 14.6 Å². The Balaban J connectivity index is 2.22. The predicted octanol–water partition coefficient (Wildman–Crippen LogP) is 1.64. The number of amides is 1. The van der Waals surface area contributed by atoms with Crippen molar-refractivity contribution in [1.82, 2.24) is 10.4 Å². The summed E-state index contributed by atoms with van der Waals surface area (Å²) in [6.45, 7) is 1.76. The van der Waals surface area contributed by atoms with Crippen LogP contribution in [0.1, 0.15) is 11.1 Å². The molecular weight excluding hydrogens is 378 g/mol. The summed E-state index contributed by atoms with van der Waals surface area (Å²) >= 11 is 5.95. The average molecular weight is 394 g/mol. The first-order valence-corrected chi connectivity index (χ1v) is 9.72. The van der Waals surface area contributed by atoms with E-state index in [4.69, 9.17) is 17.3 Å². The van der Waals surface area contributed by atoms with E-state index in [9.17, 15) is 13.2 Å². The van der Waals surface area contributed by atoms with Gasteiger partial charge in [-0.15, -0.1) is 0 Å². The number of nitrogens with zero attached hydrogens (tertiary/aromatic N) is 1. The number of halogens is 1. The van der Waals surface area contributed by atoms with Crippen molar-refractivity contribution in [3.8, 4) is 0 Å². The number of nitrogens with one attached hydrogen (secondary N) is 3. The van der Waals surface area contributed by atoms with Crippen LogP contribution in [0.4, 0.5) is 11.4 Å². The van der Waals surface area contributed by atoms with Gasteiger partial charge < -0.3 is 11.1 Å². The van der Waals surface area contributed by atoms with Crippen molar-refractivity contribution in [2.24, 2.45) is 5.73 Å². The molecule has 2 aromatic rings. The molecule has 3 rings (SSSR count). The van der Waals surface area contributed by atoms with Crippen molar-refractivity contribution in [3.63, 3.8) is 0 Å². The third-order valence-corrected chi connectivity index (χ3v) is 5.09. The van der Waals surface area contributed by atoms with Gasteiger partial charge in [0, 0.05) is 18.0 Å². The molecule has 1 aliphatic heterocycles. The number of primary amides is 1. The molecule has 1 aromatic carbocycles. The summed E-state index contributed by atoms with van der Waals surface area (Å²) in [5, 5.41) is 3.45. The van der Waals surface area contributed by atoms with Crippen LogP contribution in [0, 0.1) is 6.92 Å². The van der Waals surface area contributed by atoms with E-state index in [-0.39, 0.29) is 10.6 Å². The molecule has 1 aliphatic rings. The summed E-state index contributed by atoms with van der Waals surface area (Å²) in [6, 6.07) is 4.65. The number of pyridine rings is 1. The Morgan fingerprint density at radius 1 is 1.23 bits per heavy atom. The van der Waals surface area contributed by atoms with Crippen LogP contribution in [0.3, 0.4) is 0 Å². The van der Waals surface area contributed by atoms with Crippen LogP contribution in [0.2, 0.25) is 5.02 Å². The summed E-state index contributed by atoms with van der Waals surface area (Å²) in [5.74, 6) is -0.719. The van der Waals surface area contributed by atoms with Crippen LogP contribution >= 0.6 is 11.6 Å². The summed E-state index contributed by atoms with van der Waals surface area (Å²) in [4.78, 5) is 16.0. The zero-order chi connectivity index (χ0) is 19.1. The second kappa shape index (κ2) is 6.50. The van der Waals surface area contributed by atoms with Crippen molar-refractivity contribution in [3.05, 3.63) is 52.4 Å². The Labute approximate surface area is 155 Å². The minimum absolute atomic E-state index is 0.0579. The number of hydrogen-bond donors (Lipinski definition) is 4. The fourth-order valence-corrected chi connectivity index (χ4v) is 3.49. The normalized spacial score (nSPS) is 13.5. The van der Waals surface area contributed by atoms with Crippen molar-refractivity contribution in [2.75, 3.05) is 17.0 Å². The Morgan fingerprint density at radius 3 is 2.58 bits per heavy atom. The van der Waals surface area contributed by atoms with E-state index in [0.29, 0.717) is 33.2 Å². The second-order valence-electron chi connectivity index (χ2n) is 5.82. The number of benzene rings is 1. The maximum Gasteiger partial charge on any atom is 0.268 e. The number of sulfone groups is 1. The van der Waals surface area contributed by atoms with Gasteiger partial charge in [-0.05, 0) is 30.7 Å². The minimum atomic E-state index is -3.45. The number of rotatable bonds is 4. The number of carbonyl (C=O) groups is 1. The summed E-state index contributed by atoms with van der Waals surface area (Å²) in [7, 11) is -3.45. The van der Waals surface area contributed by atoms with Gasteiger partial charge in [0.1, 0.15) is 5.70 Å². The molecule has 0 bridgehead atoms. The summed E-state index contributed by atoms with van der Waals surface area (Å²) < 4.78 is 24.0. The SMILES string of the molecule is Cc1cc(S(C)(=O)=O)cc2c1NNC(C(N)=O)=C2Nc1cncc(Cl)c1. The molecule has 2 heterocycles. The van der Waals surface area contributed by atoms with E-state index in [2.05, 4.69) is 21.2 Å². The molecule has 1 amide bonds. The quantitative estimate of drug-likeness (QED) is 0.622. The van der Waals surface area contributed by atoms with E-state index in [1.165, 1.54) is 18.5 Å². The number of aromatic nitrogens is 1. The molecule has 0 unspecified atom stereocenters. The third kappa shape index (κ3) is 3.44. The number of aryl methyl sites for hydroxylation is 1. The largest absolute Gasteiger partial charge is 0.364 e. The van der Waals surface area contributed by atoms with Crippen molar-refractivity contribution in [1.29, 1.82) is 0 Å². The molecule has 0 saturated heterocycles. The molecule has 1 aromatic heterocycles. The molecule has 0 spiro atoms. The topological polar surface area (TPSA) is 126 Å². The van der Waals surface area contributed by atoms with Crippen LogP contribution < -0.4 is 21.9 Å². The van der Waals surface area contributed by atoms with E-state index < -0.39 is 15.7 Å².